The fourth-order valence-corrected chi connectivity index (χ4v) is 2.14. The number of thiocarbonyl (C=S) groups is 1. The quantitative estimate of drug-likeness (QED) is 0.629. The van der Waals surface area contributed by atoms with Gasteiger partial charge in [0.15, 0.2) is 0 Å². The van der Waals surface area contributed by atoms with Gasteiger partial charge in [0.25, 0.3) is 0 Å². The van der Waals surface area contributed by atoms with Crippen molar-refractivity contribution in [2.24, 2.45) is 0 Å². The molecule has 0 spiro atoms. The van der Waals surface area contributed by atoms with Crippen molar-refractivity contribution in [3.63, 3.8) is 0 Å². The lowest BCUT2D eigenvalue weighted by atomic mass is 10.2. The molecule has 0 saturated carbocycles. The van der Waals surface area contributed by atoms with Gasteiger partial charge < -0.3 is 15.3 Å². The Morgan fingerprint density at radius 1 is 0.957 bits per heavy atom. The van der Waals surface area contributed by atoms with E-state index in [2.05, 4.69) is 5.32 Å². The van der Waals surface area contributed by atoms with E-state index >= 15 is 0 Å². The lowest BCUT2D eigenvalue weighted by Crippen LogP contribution is -2.13. The lowest BCUT2D eigenvalue weighted by Gasteiger charge is -2.19. The first-order valence-electron chi connectivity index (χ1n) is 6.72. The van der Waals surface area contributed by atoms with Gasteiger partial charge in [0, 0.05) is 29.2 Å². The van der Waals surface area contributed by atoms with Gasteiger partial charge in [0.05, 0.1) is 5.49 Å². The number of carbonyl (C=O) groups excluding carboxylic acids is 1. The van der Waals surface area contributed by atoms with Crippen LogP contribution in [0, 0.1) is 0 Å². The number of nitrogens with one attached hydrogen (secondary N) is 1. The summed E-state index contributed by atoms with van der Waals surface area (Å²) in [5.41, 5.74) is 3.89. The fourth-order valence-electron chi connectivity index (χ4n) is 1.90. The summed E-state index contributed by atoms with van der Waals surface area (Å²) >= 11 is 5.07. The molecule has 2 rings (SSSR count). The van der Waals surface area contributed by atoms with Crippen molar-refractivity contribution in [1.29, 1.82) is 0 Å². The minimum atomic E-state index is -1.17. The van der Waals surface area contributed by atoms with Crippen LogP contribution in [0.4, 0.5) is 17.1 Å². The SMILES string of the molecule is O=C(O)C=CC(=O)Nc1ccc(N(C=S)c2ccccc2)cc1. The summed E-state index contributed by atoms with van der Waals surface area (Å²) in [7, 11) is 0. The molecule has 1 amide bonds. The normalized spacial score (nSPS) is 10.3. The van der Waals surface area contributed by atoms with E-state index in [-0.39, 0.29) is 0 Å². The molecule has 0 aromatic heterocycles. The maximum absolute atomic E-state index is 11.5. The Kier molecular flexibility index (Phi) is 5.60. The van der Waals surface area contributed by atoms with Gasteiger partial charge in [-0.05, 0) is 36.4 Å². The topological polar surface area (TPSA) is 69.6 Å². The third-order valence-electron chi connectivity index (χ3n) is 2.93. The highest BCUT2D eigenvalue weighted by atomic mass is 32.1. The average Bonchev–Trinajstić information content (AvgIpc) is 2.56. The highest BCUT2D eigenvalue weighted by Crippen LogP contribution is 2.25. The highest BCUT2D eigenvalue weighted by Gasteiger charge is 2.06. The number of rotatable bonds is 6. The van der Waals surface area contributed by atoms with E-state index in [0.717, 1.165) is 23.5 Å². The van der Waals surface area contributed by atoms with E-state index in [4.69, 9.17) is 17.3 Å². The van der Waals surface area contributed by atoms with Gasteiger partial charge in [-0.2, -0.15) is 0 Å². The summed E-state index contributed by atoms with van der Waals surface area (Å²) in [6.45, 7) is 0. The van der Waals surface area contributed by atoms with Crippen LogP contribution in [0.2, 0.25) is 0 Å². The minimum absolute atomic E-state index is 0.505. The van der Waals surface area contributed by atoms with E-state index in [9.17, 15) is 9.59 Å². The lowest BCUT2D eigenvalue weighted by molar-refractivity contribution is -0.131. The number of aliphatic carboxylic acids is 1. The molecular weight excluding hydrogens is 312 g/mol. The standard InChI is InChI=1S/C17H14N2O3S/c20-16(10-11-17(21)22)18-13-6-8-15(9-7-13)19(12-23)14-4-2-1-3-5-14/h1-12H,(H,18,20)(H,21,22). The van der Waals surface area contributed by atoms with Gasteiger partial charge in [0.1, 0.15) is 0 Å². The molecule has 0 heterocycles. The molecule has 0 unspecified atom stereocenters. The van der Waals surface area contributed by atoms with Gasteiger partial charge in [-0.1, -0.05) is 30.4 Å². The highest BCUT2D eigenvalue weighted by molar-refractivity contribution is 7.79. The van der Waals surface area contributed by atoms with E-state index in [1.165, 1.54) is 0 Å². The largest absolute Gasteiger partial charge is 0.478 e. The Labute approximate surface area is 138 Å². The fraction of sp³-hybridized carbons (Fsp3) is 0. The first-order chi connectivity index (χ1) is 11.1. The second-order valence-corrected chi connectivity index (χ2v) is 4.73. The third kappa shape index (κ3) is 4.76. The zero-order valence-corrected chi connectivity index (χ0v) is 12.9. The van der Waals surface area contributed by atoms with Gasteiger partial charge in [0.2, 0.25) is 5.91 Å². The Morgan fingerprint density at radius 2 is 1.57 bits per heavy atom. The Hall–Kier alpha value is -2.99. The molecule has 23 heavy (non-hydrogen) atoms. The molecule has 2 aromatic rings. The zero-order chi connectivity index (χ0) is 16.7. The molecule has 0 saturated heterocycles. The van der Waals surface area contributed by atoms with Gasteiger partial charge in [-0.25, -0.2) is 4.79 Å². The molecule has 116 valence electrons. The second-order valence-electron chi connectivity index (χ2n) is 4.52. The smallest absolute Gasteiger partial charge is 0.328 e. The molecular formula is C17H14N2O3S. The van der Waals surface area contributed by atoms with Crippen LogP contribution in [0.25, 0.3) is 0 Å². The van der Waals surface area contributed by atoms with Crippen molar-refractivity contribution in [1.82, 2.24) is 0 Å². The molecule has 0 aliphatic carbocycles. The van der Waals surface area contributed by atoms with Crippen LogP contribution in [0.3, 0.4) is 0 Å². The first kappa shape index (κ1) is 16.4. The molecule has 0 atom stereocenters. The number of para-hydroxylation sites is 1. The first-order valence-corrected chi connectivity index (χ1v) is 7.19. The van der Waals surface area contributed by atoms with Crippen molar-refractivity contribution in [3.8, 4) is 0 Å². The monoisotopic (exact) mass is 326 g/mol. The Morgan fingerprint density at radius 3 is 2.13 bits per heavy atom. The molecule has 2 N–H and O–H groups in total. The molecule has 0 aliphatic heterocycles. The predicted molar refractivity (Wildman–Crippen MR) is 94.1 cm³/mol. The number of nitrogens with zero attached hydrogens (tertiary/aromatic N) is 1. The summed E-state index contributed by atoms with van der Waals surface area (Å²) in [6, 6.07) is 16.7. The number of hydrogen-bond acceptors (Lipinski definition) is 3. The van der Waals surface area contributed by atoms with Crippen molar-refractivity contribution < 1.29 is 14.7 Å². The number of benzene rings is 2. The van der Waals surface area contributed by atoms with E-state index in [1.54, 1.807) is 17.6 Å². The van der Waals surface area contributed by atoms with Crippen molar-refractivity contribution in [2.45, 2.75) is 0 Å². The van der Waals surface area contributed by atoms with Crippen LogP contribution in [0.5, 0.6) is 0 Å². The number of hydrogen-bond donors (Lipinski definition) is 2. The number of carboxylic acid groups (broad SMARTS) is 1. The Bertz CT molecular complexity index is 727. The maximum atomic E-state index is 11.5. The summed E-state index contributed by atoms with van der Waals surface area (Å²) < 4.78 is 0. The maximum Gasteiger partial charge on any atom is 0.328 e. The molecule has 5 nitrogen and oxygen atoms in total. The number of amides is 1. The summed E-state index contributed by atoms with van der Waals surface area (Å²) in [4.78, 5) is 23.7. The van der Waals surface area contributed by atoms with Gasteiger partial charge in [-0.3, -0.25) is 4.79 Å². The Balaban J connectivity index is 2.11. The summed E-state index contributed by atoms with van der Waals surface area (Å²) in [6.07, 6.45) is 1.75. The van der Waals surface area contributed by atoms with E-state index < -0.39 is 11.9 Å². The molecule has 2 aromatic carbocycles. The molecule has 0 bridgehead atoms. The zero-order valence-electron chi connectivity index (χ0n) is 12.0. The van der Waals surface area contributed by atoms with E-state index in [0.29, 0.717) is 5.69 Å². The average molecular weight is 326 g/mol. The molecule has 0 aliphatic rings. The van der Waals surface area contributed by atoms with Crippen LogP contribution < -0.4 is 10.2 Å². The number of carbonyl (C=O) groups is 2. The van der Waals surface area contributed by atoms with Crippen molar-refractivity contribution in [3.05, 3.63) is 66.7 Å². The molecule has 6 heteroatoms. The number of anilines is 3. The van der Waals surface area contributed by atoms with Crippen LogP contribution >= 0.6 is 12.2 Å². The van der Waals surface area contributed by atoms with Crippen LogP contribution in [0.1, 0.15) is 0 Å². The third-order valence-corrected chi connectivity index (χ3v) is 3.14. The van der Waals surface area contributed by atoms with Crippen molar-refractivity contribution in [2.75, 3.05) is 10.2 Å². The van der Waals surface area contributed by atoms with Crippen LogP contribution in [-0.4, -0.2) is 22.5 Å². The van der Waals surface area contributed by atoms with Gasteiger partial charge in [-0.15, -0.1) is 0 Å². The van der Waals surface area contributed by atoms with E-state index in [1.807, 2.05) is 47.4 Å². The summed E-state index contributed by atoms with van der Waals surface area (Å²) in [5, 5.41) is 11.1. The molecule has 0 fully saturated rings. The molecule has 0 radical (unpaired) electrons. The van der Waals surface area contributed by atoms with Crippen LogP contribution in [0.15, 0.2) is 66.7 Å². The van der Waals surface area contributed by atoms with Crippen LogP contribution in [-0.2, 0) is 9.59 Å². The van der Waals surface area contributed by atoms with Gasteiger partial charge >= 0.3 is 5.97 Å². The predicted octanol–water partition coefficient (Wildman–Crippen LogP) is 3.36. The second kappa shape index (κ2) is 7.86. The van der Waals surface area contributed by atoms with Crippen molar-refractivity contribution >= 4 is 46.6 Å². The minimum Gasteiger partial charge on any atom is -0.478 e. The number of carboxylic acids is 1. The summed E-state index contributed by atoms with van der Waals surface area (Å²) in [5.74, 6) is -1.68.